The van der Waals surface area contributed by atoms with E-state index in [0.717, 1.165) is 16.3 Å². The van der Waals surface area contributed by atoms with E-state index in [4.69, 9.17) is 4.74 Å². The molecule has 2 N–H and O–H groups in total. The second kappa shape index (κ2) is 6.34. The fourth-order valence-electron chi connectivity index (χ4n) is 2.31. The Morgan fingerprint density at radius 1 is 1.43 bits per heavy atom. The van der Waals surface area contributed by atoms with E-state index in [1.54, 1.807) is 17.5 Å². The molecule has 1 aromatic heterocycles. The number of amides is 1. The topological polar surface area (TPSA) is 63.2 Å². The van der Waals surface area contributed by atoms with Crippen LogP contribution in [0.2, 0.25) is 0 Å². The van der Waals surface area contributed by atoms with Crippen LogP contribution < -0.4 is 10.6 Å². The van der Waals surface area contributed by atoms with Gasteiger partial charge >= 0.3 is 0 Å². The number of nitrogens with one attached hydrogen (secondary N) is 2. The molecule has 1 saturated heterocycles. The standard InChI is InChI=1S/C15H17N3O2S/c1-10-13(16-6-8-20-10)14(19)18-12-4-2-11(3-5-12)15-17-7-9-21-15/h2-5,7,9-10,13,16H,6,8H2,1H3,(H,18,19)/t10-,13+/m1/s1. The average Bonchev–Trinajstić information content (AvgIpc) is 3.02. The first-order chi connectivity index (χ1) is 10.2. The maximum absolute atomic E-state index is 12.2. The van der Waals surface area contributed by atoms with E-state index < -0.39 is 0 Å². The molecule has 6 heteroatoms. The lowest BCUT2D eigenvalue weighted by molar-refractivity contribution is -0.123. The van der Waals surface area contributed by atoms with Gasteiger partial charge in [0.25, 0.3) is 0 Å². The number of rotatable bonds is 3. The first kappa shape index (κ1) is 14.2. The van der Waals surface area contributed by atoms with E-state index >= 15 is 0 Å². The van der Waals surface area contributed by atoms with Gasteiger partial charge in [0.2, 0.25) is 5.91 Å². The quantitative estimate of drug-likeness (QED) is 0.912. The number of thiazole rings is 1. The van der Waals surface area contributed by atoms with Crippen LogP contribution in [0.15, 0.2) is 35.8 Å². The Morgan fingerprint density at radius 3 is 2.90 bits per heavy atom. The van der Waals surface area contributed by atoms with Crippen molar-refractivity contribution in [2.75, 3.05) is 18.5 Å². The van der Waals surface area contributed by atoms with Crippen molar-refractivity contribution in [1.29, 1.82) is 0 Å². The normalized spacial score (nSPS) is 22.0. The van der Waals surface area contributed by atoms with Crippen LogP contribution in [0.25, 0.3) is 10.6 Å². The van der Waals surface area contributed by atoms with Gasteiger partial charge in [0.05, 0.1) is 12.7 Å². The number of carbonyl (C=O) groups excluding carboxylic acids is 1. The fourth-order valence-corrected chi connectivity index (χ4v) is 2.95. The van der Waals surface area contributed by atoms with Crippen molar-refractivity contribution in [2.24, 2.45) is 0 Å². The summed E-state index contributed by atoms with van der Waals surface area (Å²) in [5.74, 6) is -0.0656. The Labute approximate surface area is 127 Å². The highest BCUT2D eigenvalue weighted by Gasteiger charge is 2.28. The molecule has 0 saturated carbocycles. The second-order valence-corrected chi connectivity index (χ2v) is 5.81. The molecular formula is C15H17N3O2S. The predicted molar refractivity (Wildman–Crippen MR) is 83.4 cm³/mol. The number of morpholine rings is 1. The third kappa shape index (κ3) is 3.29. The minimum atomic E-state index is -0.308. The predicted octanol–water partition coefficient (Wildman–Crippen LogP) is 2.13. The monoisotopic (exact) mass is 303 g/mol. The minimum Gasteiger partial charge on any atom is -0.375 e. The number of benzene rings is 1. The number of anilines is 1. The number of aromatic nitrogens is 1. The smallest absolute Gasteiger partial charge is 0.244 e. The number of hydrogen-bond donors (Lipinski definition) is 2. The van der Waals surface area contributed by atoms with Crippen molar-refractivity contribution < 1.29 is 9.53 Å². The molecule has 5 nitrogen and oxygen atoms in total. The third-order valence-electron chi connectivity index (χ3n) is 3.43. The van der Waals surface area contributed by atoms with Crippen molar-refractivity contribution in [1.82, 2.24) is 10.3 Å². The number of ether oxygens (including phenoxy) is 1. The Bertz CT molecular complexity index is 598. The summed E-state index contributed by atoms with van der Waals surface area (Å²) in [6.45, 7) is 3.25. The number of nitrogens with zero attached hydrogens (tertiary/aromatic N) is 1. The summed E-state index contributed by atoms with van der Waals surface area (Å²) in [7, 11) is 0. The SMILES string of the molecule is C[C@H]1OCCN[C@@H]1C(=O)Nc1ccc(-c2nccs2)cc1. The van der Waals surface area contributed by atoms with Gasteiger partial charge in [-0.1, -0.05) is 0 Å². The molecule has 110 valence electrons. The fraction of sp³-hybridized carbons (Fsp3) is 0.333. The van der Waals surface area contributed by atoms with Gasteiger partial charge in [-0.3, -0.25) is 4.79 Å². The van der Waals surface area contributed by atoms with Crippen LogP contribution in [0.5, 0.6) is 0 Å². The van der Waals surface area contributed by atoms with Gasteiger partial charge < -0.3 is 15.4 Å². The average molecular weight is 303 g/mol. The molecular weight excluding hydrogens is 286 g/mol. The zero-order valence-electron chi connectivity index (χ0n) is 11.7. The van der Waals surface area contributed by atoms with Crippen molar-refractivity contribution in [3.8, 4) is 10.6 Å². The van der Waals surface area contributed by atoms with Gasteiger partial charge in [-0.15, -0.1) is 11.3 Å². The van der Waals surface area contributed by atoms with Gasteiger partial charge in [-0.05, 0) is 31.2 Å². The van der Waals surface area contributed by atoms with Crippen LogP contribution >= 0.6 is 11.3 Å². The maximum Gasteiger partial charge on any atom is 0.244 e. The molecule has 0 bridgehead atoms. The molecule has 0 aliphatic carbocycles. The first-order valence-electron chi connectivity index (χ1n) is 6.90. The van der Waals surface area contributed by atoms with E-state index in [-0.39, 0.29) is 18.1 Å². The summed E-state index contributed by atoms with van der Waals surface area (Å²) < 4.78 is 5.49. The van der Waals surface area contributed by atoms with Gasteiger partial charge in [0.15, 0.2) is 0 Å². The molecule has 1 amide bonds. The first-order valence-corrected chi connectivity index (χ1v) is 7.78. The van der Waals surface area contributed by atoms with Gasteiger partial charge in [-0.2, -0.15) is 0 Å². The van der Waals surface area contributed by atoms with E-state index in [1.165, 1.54) is 0 Å². The van der Waals surface area contributed by atoms with Crippen molar-refractivity contribution in [2.45, 2.75) is 19.1 Å². The van der Waals surface area contributed by atoms with Crippen LogP contribution in [0.3, 0.4) is 0 Å². The van der Waals surface area contributed by atoms with Gasteiger partial charge in [0, 0.05) is 29.4 Å². The molecule has 0 radical (unpaired) electrons. The largest absolute Gasteiger partial charge is 0.375 e. The molecule has 0 spiro atoms. The van der Waals surface area contributed by atoms with Crippen LogP contribution in [0, 0.1) is 0 Å². The van der Waals surface area contributed by atoms with E-state index in [0.29, 0.717) is 13.2 Å². The highest BCUT2D eigenvalue weighted by molar-refractivity contribution is 7.13. The zero-order valence-corrected chi connectivity index (χ0v) is 12.5. The van der Waals surface area contributed by atoms with Gasteiger partial charge in [0.1, 0.15) is 11.0 Å². The Morgan fingerprint density at radius 2 is 2.24 bits per heavy atom. The van der Waals surface area contributed by atoms with E-state index in [1.807, 2.05) is 36.6 Å². The summed E-state index contributed by atoms with van der Waals surface area (Å²) >= 11 is 1.59. The van der Waals surface area contributed by atoms with E-state index in [9.17, 15) is 4.79 Å². The lowest BCUT2D eigenvalue weighted by atomic mass is 10.1. The molecule has 2 aromatic rings. The van der Waals surface area contributed by atoms with Crippen LogP contribution in [-0.4, -0.2) is 36.2 Å². The molecule has 1 aromatic carbocycles. The number of hydrogen-bond acceptors (Lipinski definition) is 5. The third-order valence-corrected chi connectivity index (χ3v) is 4.25. The highest BCUT2D eigenvalue weighted by atomic mass is 32.1. The molecule has 2 heterocycles. The van der Waals surface area contributed by atoms with Gasteiger partial charge in [-0.25, -0.2) is 4.98 Å². The zero-order chi connectivity index (χ0) is 14.7. The van der Waals surface area contributed by atoms with Crippen molar-refractivity contribution in [3.05, 3.63) is 35.8 Å². The van der Waals surface area contributed by atoms with Crippen molar-refractivity contribution >= 4 is 22.9 Å². The second-order valence-electron chi connectivity index (χ2n) is 4.91. The molecule has 3 rings (SSSR count). The molecule has 1 aliphatic rings. The highest BCUT2D eigenvalue weighted by Crippen LogP contribution is 2.23. The Hall–Kier alpha value is -1.76. The summed E-state index contributed by atoms with van der Waals surface area (Å²) in [6.07, 6.45) is 1.67. The summed E-state index contributed by atoms with van der Waals surface area (Å²) in [6, 6.07) is 7.40. The molecule has 0 unspecified atom stereocenters. The minimum absolute atomic E-state index is 0.0656. The Balaban J connectivity index is 1.66. The maximum atomic E-state index is 12.2. The summed E-state index contributed by atoms with van der Waals surface area (Å²) in [5, 5.41) is 9.01. The lowest BCUT2D eigenvalue weighted by Crippen LogP contribution is -2.53. The summed E-state index contributed by atoms with van der Waals surface area (Å²) in [4.78, 5) is 16.5. The molecule has 2 atom stereocenters. The van der Waals surface area contributed by atoms with Crippen LogP contribution in [-0.2, 0) is 9.53 Å². The number of carbonyl (C=O) groups is 1. The van der Waals surface area contributed by atoms with Crippen molar-refractivity contribution in [3.63, 3.8) is 0 Å². The van der Waals surface area contributed by atoms with Crippen LogP contribution in [0.4, 0.5) is 5.69 Å². The molecule has 21 heavy (non-hydrogen) atoms. The Kier molecular flexibility index (Phi) is 4.28. The molecule has 1 fully saturated rings. The lowest BCUT2D eigenvalue weighted by Gasteiger charge is -2.29. The molecule has 1 aliphatic heterocycles. The van der Waals surface area contributed by atoms with Crippen LogP contribution in [0.1, 0.15) is 6.92 Å². The van der Waals surface area contributed by atoms with E-state index in [2.05, 4.69) is 15.6 Å². The summed E-state index contributed by atoms with van der Waals surface area (Å²) in [5.41, 5.74) is 1.83.